The van der Waals surface area contributed by atoms with E-state index in [1.165, 1.54) is 6.07 Å². The summed E-state index contributed by atoms with van der Waals surface area (Å²) >= 11 is 0. The largest absolute Gasteiger partial charge is 0.339 e. The molecule has 0 spiro atoms. The van der Waals surface area contributed by atoms with Crippen LogP contribution < -0.4 is 5.32 Å². The van der Waals surface area contributed by atoms with Crippen molar-refractivity contribution in [2.45, 2.75) is 58.4 Å². The van der Waals surface area contributed by atoms with Crippen LogP contribution >= 0.6 is 0 Å². The molecule has 3 aromatic rings. The van der Waals surface area contributed by atoms with E-state index in [9.17, 15) is 9.18 Å². The number of carbonyl (C=O) groups excluding carboxylic acids is 1. The van der Waals surface area contributed by atoms with Crippen LogP contribution in [0.1, 0.15) is 49.6 Å². The monoisotopic (exact) mass is 398 g/mol. The number of anilines is 1. The number of nitrogens with zero attached hydrogens (tertiary/aromatic N) is 5. The van der Waals surface area contributed by atoms with Gasteiger partial charge >= 0.3 is 0 Å². The minimum Gasteiger partial charge on any atom is -0.339 e. The Balaban J connectivity index is 1.43. The second kappa shape index (κ2) is 8.50. The maximum absolute atomic E-state index is 14.3. The zero-order valence-corrected chi connectivity index (χ0v) is 16.3. The van der Waals surface area contributed by atoms with Gasteiger partial charge in [-0.3, -0.25) is 4.79 Å². The number of carbonyl (C=O) groups is 1. The minimum atomic E-state index is -0.481. The van der Waals surface area contributed by atoms with E-state index in [4.69, 9.17) is 4.52 Å². The third kappa shape index (κ3) is 4.49. The molecule has 1 aromatic carbocycles. The summed E-state index contributed by atoms with van der Waals surface area (Å²) < 4.78 is 21.4. The molecule has 0 unspecified atom stereocenters. The van der Waals surface area contributed by atoms with Gasteiger partial charge in [-0.25, -0.2) is 4.39 Å². The van der Waals surface area contributed by atoms with Gasteiger partial charge in [0.25, 0.3) is 0 Å². The van der Waals surface area contributed by atoms with E-state index < -0.39 is 5.82 Å². The standard InChI is InChI=1S/C20H23FN6O2/c1-13-22-19(29-26-13)8-5-7-18(28)23-16-12-14(9-10-15(16)21)20-25-24-17-6-3-2-4-11-27(17)20/h9-10,12H,2-8,11H2,1H3,(H,23,28). The van der Waals surface area contributed by atoms with E-state index >= 15 is 0 Å². The summed E-state index contributed by atoms with van der Waals surface area (Å²) in [5.41, 5.74) is 0.885. The molecule has 0 atom stereocenters. The van der Waals surface area contributed by atoms with Crippen LogP contribution in [-0.2, 0) is 24.2 Å². The highest BCUT2D eigenvalue weighted by molar-refractivity contribution is 5.91. The van der Waals surface area contributed by atoms with Crippen molar-refractivity contribution < 1.29 is 13.7 Å². The number of amides is 1. The van der Waals surface area contributed by atoms with Crippen LogP contribution in [-0.4, -0.2) is 30.8 Å². The van der Waals surface area contributed by atoms with Crippen LogP contribution in [0.3, 0.4) is 0 Å². The average Bonchev–Trinajstić information content (AvgIpc) is 3.22. The molecule has 4 rings (SSSR count). The van der Waals surface area contributed by atoms with E-state index in [-0.39, 0.29) is 18.0 Å². The topological polar surface area (TPSA) is 98.7 Å². The molecule has 3 heterocycles. The highest BCUT2D eigenvalue weighted by Crippen LogP contribution is 2.26. The van der Waals surface area contributed by atoms with E-state index in [0.717, 1.165) is 43.6 Å². The van der Waals surface area contributed by atoms with Crippen LogP contribution in [0.4, 0.5) is 10.1 Å². The lowest BCUT2D eigenvalue weighted by molar-refractivity contribution is -0.116. The fraction of sp³-hybridized carbons (Fsp3) is 0.450. The molecule has 1 amide bonds. The summed E-state index contributed by atoms with van der Waals surface area (Å²) in [5.74, 6) is 1.99. The third-order valence-electron chi connectivity index (χ3n) is 4.97. The predicted molar refractivity (Wildman–Crippen MR) is 104 cm³/mol. The molecule has 8 nitrogen and oxygen atoms in total. The number of halogens is 1. The maximum Gasteiger partial charge on any atom is 0.226 e. The first-order valence-electron chi connectivity index (χ1n) is 9.91. The van der Waals surface area contributed by atoms with Crippen molar-refractivity contribution in [1.82, 2.24) is 24.9 Å². The lowest BCUT2D eigenvalue weighted by atomic mass is 10.1. The summed E-state index contributed by atoms with van der Waals surface area (Å²) in [7, 11) is 0. The van der Waals surface area contributed by atoms with Crippen molar-refractivity contribution in [3.05, 3.63) is 41.6 Å². The molecule has 152 valence electrons. The van der Waals surface area contributed by atoms with Crippen molar-refractivity contribution >= 4 is 11.6 Å². The van der Waals surface area contributed by atoms with Gasteiger partial charge in [0.15, 0.2) is 11.6 Å². The third-order valence-corrected chi connectivity index (χ3v) is 4.97. The summed E-state index contributed by atoms with van der Waals surface area (Å²) in [6.07, 6.45) is 5.50. The Morgan fingerprint density at radius 2 is 2.17 bits per heavy atom. The number of fused-ring (bicyclic) bond motifs is 1. The molecule has 1 aliphatic rings. The molecule has 1 aliphatic heterocycles. The highest BCUT2D eigenvalue weighted by atomic mass is 19.1. The van der Waals surface area contributed by atoms with Crippen LogP contribution in [0.15, 0.2) is 22.7 Å². The Labute approximate surface area is 167 Å². The predicted octanol–water partition coefficient (Wildman–Crippen LogP) is 3.46. The average molecular weight is 398 g/mol. The van der Waals surface area contributed by atoms with E-state index in [0.29, 0.717) is 30.4 Å². The van der Waals surface area contributed by atoms with Gasteiger partial charge < -0.3 is 14.4 Å². The van der Waals surface area contributed by atoms with Gasteiger partial charge in [-0.1, -0.05) is 11.6 Å². The summed E-state index contributed by atoms with van der Waals surface area (Å²) in [4.78, 5) is 16.4. The Morgan fingerprint density at radius 3 is 3.00 bits per heavy atom. The molecular formula is C20H23FN6O2. The van der Waals surface area contributed by atoms with Crippen LogP contribution in [0.5, 0.6) is 0 Å². The molecule has 9 heteroatoms. The first kappa shape index (κ1) is 19.2. The second-order valence-electron chi connectivity index (χ2n) is 7.23. The molecular weight excluding hydrogens is 375 g/mol. The van der Waals surface area contributed by atoms with Gasteiger partial charge in [0, 0.05) is 31.4 Å². The molecule has 0 aliphatic carbocycles. The van der Waals surface area contributed by atoms with Gasteiger partial charge in [-0.15, -0.1) is 10.2 Å². The first-order valence-corrected chi connectivity index (χ1v) is 9.91. The highest BCUT2D eigenvalue weighted by Gasteiger charge is 2.17. The maximum atomic E-state index is 14.3. The normalized spacial score (nSPS) is 13.7. The fourth-order valence-corrected chi connectivity index (χ4v) is 3.51. The number of aromatic nitrogens is 5. The molecule has 0 saturated heterocycles. The Hall–Kier alpha value is -3.10. The van der Waals surface area contributed by atoms with Gasteiger partial charge in [0.1, 0.15) is 11.6 Å². The number of aryl methyl sites for hydroxylation is 3. The summed E-state index contributed by atoms with van der Waals surface area (Å²) in [6, 6.07) is 4.65. The first-order chi connectivity index (χ1) is 14.1. The number of hydrogen-bond donors (Lipinski definition) is 1. The van der Waals surface area contributed by atoms with Gasteiger partial charge in [0.05, 0.1) is 5.69 Å². The van der Waals surface area contributed by atoms with Crippen molar-refractivity contribution in [3.63, 3.8) is 0 Å². The SMILES string of the molecule is Cc1noc(CCCC(=O)Nc2cc(-c3nnc4n3CCCCC4)ccc2F)n1. The van der Waals surface area contributed by atoms with E-state index in [2.05, 4.69) is 30.2 Å². The number of benzene rings is 1. The lowest BCUT2D eigenvalue weighted by Gasteiger charge is -2.10. The van der Waals surface area contributed by atoms with Crippen LogP contribution in [0, 0.1) is 12.7 Å². The van der Waals surface area contributed by atoms with Crippen molar-refractivity contribution in [2.75, 3.05) is 5.32 Å². The zero-order valence-electron chi connectivity index (χ0n) is 16.3. The zero-order chi connectivity index (χ0) is 20.2. The van der Waals surface area contributed by atoms with Crippen molar-refractivity contribution in [1.29, 1.82) is 0 Å². The fourth-order valence-electron chi connectivity index (χ4n) is 3.51. The second-order valence-corrected chi connectivity index (χ2v) is 7.23. The molecule has 1 N–H and O–H groups in total. The molecule has 0 bridgehead atoms. The van der Waals surface area contributed by atoms with Gasteiger partial charge in [-0.05, 0) is 44.4 Å². The molecule has 29 heavy (non-hydrogen) atoms. The summed E-state index contributed by atoms with van der Waals surface area (Å²) in [5, 5.41) is 15.0. The molecule has 0 fully saturated rings. The van der Waals surface area contributed by atoms with Gasteiger partial charge in [-0.2, -0.15) is 4.98 Å². The quantitative estimate of drug-likeness (QED) is 0.683. The molecule has 0 saturated carbocycles. The Bertz CT molecular complexity index is 1010. The van der Waals surface area contributed by atoms with Crippen molar-refractivity contribution in [2.24, 2.45) is 0 Å². The smallest absolute Gasteiger partial charge is 0.226 e. The van der Waals surface area contributed by atoms with Crippen LogP contribution in [0.25, 0.3) is 11.4 Å². The van der Waals surface area contributed by atoms with Crippen molar-refractivity contribution in [3.8, 4) is 11.4 Å². The van der Waals surface area contributed by atoms with Crippen LogP contribution in [0.2, 0.25) is 0 Å². The minimum absolute atomic E-state index is 0.145. The van der Waals surface area contributed by atoms with E-state index in [1.807, 2.05) is 0 Å². The summed E-state index contributed by atoms with van der Waals surface area (Å²) in [6.45, 7) is 2.59. The molecule has 0 radical (unpaired) electrons. The van der Waals surface area contributed by atoms with E-state index in [1.54, 1.807) is 19.1 Å². The lowest BCUT2D eigenvalue weighted by Crippen LogP contribution is -2.13. The van der Waals surface area contributed by atoms with Gasteiger partial charge in [0.2, 0.25) is 11.8 Å². The number of hydrogen-bond acceptors (Lipinski definition) is 6. The number of rotatable bonds is 6. The number of nitrogens with one attached hydrogen (secondary N) is 1. The molecule has 2 aromatic heterocycles. The Morgan fingerprint density at radius 1 is 1.28 bits per heavy atom. The Kier molecular flexibility index (Phi) is 5.64.